The summed E-state index contributed by atoms with van der Waals surface area (Å²) >= 11 is 1.32. The average molecular weight is 388 g/mol. The predicted molar refractivity (Wildman–Crippen MR) is 102 cm³/mol. The molecule has 0 unspecified atom stereocenters. The zero-order valence-corrected chi connectivity index (χ0v) is 15.8. The molecule has 0 aliphatic carbocycles. The summed E-state index contributed by atoms with van der Waals surface area (Å²) in [5, 5.41) is 11.1. The number of nitrogens with zero attached hydrogens (tertiary/aromatic N) is 3. The Morgan fingerprint density at radius 1 is 1.22 bits per heavy atom. The van der Waals surface area contributed by atoms with Crippen LogP contribution in [-0.4, -0.2) is 45.8 Å². The van der Waals surface area contributed by atoms with E-state index >= 15 is 0 Å². The van der Waals surface area contributed by atoms with Crippen molar-refractivity contribution in [1.82, 2.24) is 15.1 Å². The van der Waals surface area contributed by atoms with E-state index in [1.807, 2.05) is 4.90 Å². The molecule has 0 atom stereocenters. The molecule has 3 rings (SSSR count). The number of likely N-dealkylation sites (tertiary alicyclic amines) is 1. The van der Waals surface area contributed by atoms with Gasteiger partial charge in [0.1, 0.15) is 10.8 Å². The van der Waals surface area contributed by atoms with Gasteiger partial charge < -0.3 is 10.2 Å². The van der Waals surface area contributed by atoms with E-state index in [0.717, 1.165) is 32.0 Å². The number of anilines is 1. The summed E-state index contributed by atoms with van der Waals surface area (Å²) in [5.41, 5.74) is 0.205. The van der Waals surface area contributed by atoms with E-state index in [0.29, 0.717) is 16.7 Å². The van der Waals surface area contributed by atoms with Crippen LogP contribution >= 0.6 is 11.8 Å². The van der Waals surface area contributed by atoms with Crippen molar-refractivity contribution >= 4 is 29.4 Å². The highest BCUT2D eigenvalue weighted by Crippen LogP contribution is 2.20. The third kappa shape index (κ3) is 5.50. The van der Waals surface area contributed by atoms with Gasteiger partial charge in [-0.25, -0.2) is 4.39 Å². The number of rotatable bonds is 5. The van der Waals surface area contributed by atoms with Crippen LogP contribution in [0.1, 0.15) is 30.1 Å². The first-order valence-corrected chi connectivity index (χ1v) is 9.81. The SMILES string of the molecule is CC1CCN(C(=O)CSc2ccc(NC(=O)c3cccc(F)c3)nn2)CC1. The molecule has 0 bridgehead atoms. The summed E-state index contributed by atoms with van der Waals surface area (Å²) in [6.07, 6.45) is 2.10. The monoisotopic (exact) mass is 388 g/mol. The minimum Gasteiger partial charge on any atom is -0.342 e. The lowest BCUT2D eigenvalue weighted by Crippen LogP contribution is -2.38. The van der Waals surface area contributed by atoms with Crippen molar-refractivity contribution in [2.75, 3.05) is 24.2 Å². The van der Waals surface area contributed by atoms with E-state index in [1.165, 1.54) is 30.0 Å². The smallest absolute Gasteiger partial charge is 0.256 e. The number of hydrogen-bond donors (Lipinski definition) is 1. The van der Waals surface area contributed by atoms with E-state index in [2.05, 4.69) is 22.4 Å². The van der Waals surface area contributed by atoms with Crippen LogP contribution in [0.25, 0.3) is 0 Å². The third-order valence-electron chi connectivity index (χ3n) is 4.45. The minimum atomic E-state index is -0.478. The Hall–Kier alpha value is -2.48. The molecule has 1 aliphatic heterocycles. The van der Waals surface area contributed by atoms with E-state index in [-0.39, 0.29) is 17.3 Å². The largest absolute Gasteiger partial charge is 0.342 e. The Kier molecular flexibility index (Phi) is 6.39. The van der Waals surface area contributed by atoms with Gasteiger partial charge in [0.15, 0.2) is 5.82 Å². The van der Waals surface area contributed by atoms with Crippen LogP contribution in [0.15, 0.2) is 41.4 Å². The molecule has 0 saturated carbocycles. The van der Waals surface area contributed by atoms with Gasteiger partial charge >= 0.3 is 0 Å². The molecule has 1 aliphatic rings. The fraction of sp³-hybridized carbons (Fsp3) is 0.368. The normalized spacial score (nSPS) is 14.8. The second-order valence-corrected chi connectivity index (χ2v) is 7.57. The predicted octanol–water partition coefficient (Wildman–Crippen LogP) is 3.22. The Morgan fingerprint density at radius 3 is 2.67 bits per heavy atom. The van der Waals surface area contributed by atoms with Crippen LogP contribution in [0.2, 0.25) is 0 Å². The fourth-order valence-electron chi connectivity index (χ4n) is 2.77. The lowest BCUT2D eigenvalue weighted by Gasteiger charge is -2.30. The second-order valence-electron chi connectivity index (χ2n) is 6.57. The van der Waals surface area contributed by atoms with Crippen molar-refractivity contribution in [3.05, 3.63) is 47.8 Å². The molecule has 27 heavy (non-hydrogen) atoms. The molecule has 142 valence electrons. The highest BCUT2D eigenvalue weighted by Gasteiger charge is 2.20. The number of amides is 2. The van der Waals surface area contributed by atoms with Gasteiger partial charge in [-0.3, -0.25) is 9.59 Å². The zero-order valence-electron chi connectivity index (χ0n) is 15.0. The first kappa shape index (κ1) is 19.3. The molecular formula is C19H21FN4O2S. The number of nitrogens with one attached hydrogen (secondary N) is 1. The van der Waals surface area contributed by atoms with Crippen molar-refractivity contribution < 1.29 is 14.0 Å². The van der Waals surface area contributed by atoms with Crippen molar-refractivity contribution in [2.24, 2.45) is 5.92 Å². The van der Waals surface area contributed by atoms with Gasteiger partial charge in [0.25, 0.3) is 5.91 Å². The number of carbonyl (C=O) groups is 2. The summed E-state index contributed by atoms with van der Waals surface area (Å²) in [5.74, 6) is 0.440. The van der Waals surface area contributed by atoms with Crippen molar-refractivity contribution in [3.63, 3.8) is 0 Å². The van der Waals surface area contributed by atoms with Gasteiger partial charge in [-0.15, -0.1) is 10.2 Å². The molecule has 1 aromatic heterocycles. The van der Waals surface area contributed by atoms with Crippen molar-refractivity contribution in [3.8, 4) is 0 Å². The van der Waals surface area contributed by atoms with Crippen LogP contribution < -0.4 is 5.32 Å². The fourth-order valence-corrected chi connectivity index (χ4v) is 3.48. The number of thioether (sulfide) groups is 1. The van der Waals surface area contributed by atoms with E-state index in [4.69, 9.17) is 0 Å². The molecular weight excluding hydrogens is 367 g/mol. The average Bonchev–Trinajstić information content (AvgIpc) is 2.68. The maximum absolute atomic E-state index is 13.2. The quantitative estimate of drug-likeness (QED) is 0.796. The molecule has 1 N–H and O–H groups in total. The van der Waals surface area contributed by atoms with Gasteiger partial charge in [-0.2, -0.15) is 0 Å². The maximum atomic E-state index is 13.2. The first-order valence-electron chi connectivity index (χ1n) is 8.82. The zero-order chi connectivity index (χ0) is 19.2. The molecule has 6 nitrogen and oxygen atoms in total. The number of benzene rings is 1. The van der Waals surface area contributed by atoms with Gasteiger partial charge in [0.2, 0.25) is 5.91 Å². The Labute approximate surface area is 161 Å². The number of aromatic nitrogens is 2. The van der Waals surface area contributed by atoms with Gasteiger partial charge in [0, 0.05) is 18.7 Å². The highest BCUT2D eigenvalue weighted by molar-refractivity contribution is 7.99. The lowest BCUT2D eigenvalue weighted by atomic mass is 9.99. The molecule has 1 fully saturated rings. The molecule has 1 saturated heterocycles. The van der Waals surface area contributed by atoms with Crippen LogP contribution in [0.4, 0.5) is 10.2 Å². The van der Waals surface area contributed by atoms with E-state index in [9.17, 15) is 14.0 Å². The Balaban J connectivity index is 1.50. The van der Waals surface area contributed by atoms with Gasteiger partial charge in [0.05, 0.1) is 5.75 Å². The minimum absolute atomic E-state index is 0.109. The summed E-state index contributed by atoms with van der Waals surface area (Å²) < 4.78 is 13.2. The maximum Gasteiger partial charge on any atom is 0.256 e. The third-order valence-corrected chi connectivity index (χ3v) is 5.35. The number of halogens is 1. The Morgan fingerprint density at radius 2 is 2.00 bits per heavy atom. The van der Waals surface area contributed by atoms with Crippen LogP contribution in [-0.2, 0) is 4.79 Å². The van der Waals surface area contributed by atoms with Crippen LogP contribution in [0.5, 0.6) is 0 Å². The number of carbonyl (C=O) groups excluding carboxylic acids is 2. The lowest BCUT2D eigenvalue weighted by molar-refractivity contribution is -0.129. The molecule has 2 aromatic rings. The van der Waals surface area contributed by atoms with E-state index < -0.39 is 11.7 Å². The van der Waals surface area contributed by atoms with Crippen molar-refractivity contribution in [1.29, 1.82) is 0 Å². The molecule has 0 spiro atoms. The van der Waals surface area contributed by atoms with Crippen LogP contribution in [0.3, 0.4) is 0 Å². The molecule has 0 radical (unpaired) electrons. The molecule has 1 aromatic carbocycles. The topological polar surface area (TPSA) is 75.2 Å². The summed E-state index contributed by atoms with van der Waals surface area (Å²) in [6.45, 7) is 3.84. The van der Waals surface area contributed by atoms with E-state index in [1.54, 1.807) is 12.1 Å². The van der Waals surface area contributed by atoms with Gasteiger partial charge in [-0.1, -0.05) is 24.8 Å². The molecule has 8 heteroatoms. The van der Waals surface area contributed by atoms with Gasteiger partial charge in [-0.05, 0) is 49.1 Å². The molecule has 2 amide bonds. The summed E-state index contributed by atoms with van der Waals surface area (Å²) in [6, 6.07) is 8.72. The second kappa shape index (κ2) is 8.94. The summed E-state index contributed by atoms with van der Waals surface area (Å²) in [7, 11) is 0. The summed E-state index contributed by atoms with van der Waals surface area (Å²) in [4.78, 5) is 26.2. The number of piperidine rings is 1. The number of hydrogen-bond acceptors (Lipinski definition) is 5. The van der Waals surface area contributed by atoms with Crippen molar-refractivity contribution in [2.45, 2.75) is 24.8 Å². The molecule has 2 heterocycles. The highest BCUT2D eigenvalue weighted by atomic mass is 32.2. The standard InChI is InChI=1S/C19H21FN4O2S/c1-13-7-9-24(10-8-13)18(25)12-27-17-6-5-16(22-23-17)21-19(26)14-3-2-4-15(20)11-14/h2-6,11,13H,7-10,12H2,1H3,(H,21,22,26). The Bertz CT molecular complexity index is 808. The first-order chi connectivity index (χ1) is 13.0. The van der Waals surface area contributed by atoms with Crippen LogP contribution in [0, 0.1) is 11.7 Å².